The van der Waals surface area contributed by atoms with Gasteiger partial charge in [-0.2, -0.15) is 0 Å². The molecule has 1 aromatic carbocycles. The Balaban J connectivity index is 0.00000166. The predicted octanol–water partition coefficient (Wildman–Crippen LogP) is 0.852. The van der Waals surface area contributed by atoms with Gasteiger partial charge in [-0.15, -0.1) is 0 Å². The van der Waals surface area contributed by atoms with E-state index in [1.54, 1.807) is 18.1 Å². The van der Waals surface area contributed by atoms with Crippen molar-refractivity contribution in [3.8, 4) is 0 Å². The Kier molecular flexibility index (Phi) is 10.8. The number of rotatable bonds is 7. The van der Waals surface area contributed by atoms with Crippen LogP contribution in [0.3, 0.4) is 0 Å². The summed E-state index contributed by atoms with van der Waals surface area (Å²) in [7, 11) is 1.00. The summed E-state index contributed by atoms with van der Waals surface area (Å²) in [4.78, 5) is 17.3. The summed E-state index contributed by atoms with van der Waals surface area (Å²) in [5, 5.41) is 10.2. The lowest BCUT2D eigenvalue weighted by molar-refractivity contribution is -0.114. The van der Waals surface area contributed by atoms with E-state index in [1.807, 2.05) is 24.3 Å². The van der Waals surface area contributed by atoms with Crippen LogP contribution in [-0.4, -0.2) is 66.7 Å². The first kappa shape index (κ1) is 25.2. The summed E-state index contributed by atoms with van der Waals surface area (Å²) in [5.74, 6) is -0.536. The van der Waals surface area contributed by atoms with Crippen LogP contribution in [0.15, 0.2) is 45.9 Å². The molecule has 0 aromatic heterocycles. The number of primary amides is 1. The molecule has 8 N–H and O–H groups in total. The molecule has 172 valence electrons. The van der Waals surface area contributed by atoms with Gasteiger partial charge in [0, 0.05) is 43.4 Å². The highest BCUT2D eigenvalue weighted by atomic mass is 32.2. The van der Waals surface area contributed by atoms with E-state index in [0.717, 1.165) is 64.0 Å². The standard InChI is InChI=1S/C20H30N6O2S.CH4O/c21-17-3-1-2-4-18(17)24-13-16(20(23)27)19(22)25-14-5-7-15(8-6-14)29-26-9-11-28-12-10-26;1-2/h5-8,13,17-18,24H,1-4,9-12,21H2,(H2,22,25)(H2,23,27);2H,1H3/b16-13+;/t17?,18-;/m0./s1. The minimum Gasteiger partial charge on any atom is -0.400 e. The molecule has 2 aliphatic rings. The highest BCUT2D eigenvalue weighted by Gasteiger charge is 2.21. The number of carbonyl (C=O) groups excluding carboxylic acids is 1. The minimum absolute atomic E-state index is 0.0591. The lowest BCUT2D eigenvalue weighted by atomic mass is 9.91. The minimum atomic E-state index is -0.623. The van der Waals surface area contributed by atoms with E-state index in [1.165, 1.54) is 0 Å². The number of hydrogen-bond donors (Lipinski definition) is 5. The van der Waals surface area contributed by atoms with E-state index in [-0.39, 0.29) is 23.5 Å². The van der Waals surface area contributed by atoms with E-state index >= 15 is 0 Å². The smallest absolute Gasteiger partial charge is 0.253 e. The molecule has 31 heavy (non-hydrogen) atoms. The zero-order chi connectivity index (χ0) is 22.6. The average Bonchev–Trinajstić information content (AvgIpc) is 2.78. The lowest BCUT2D eigenvalue weighted by Crippen LogP contribution is -2.45. The van der Waals surface area contributed by atoms with Gasteiger partial charge in [-0.3, -0.25) is 4.79 Å². The summed E-state index contributed by atoms with van der Waals surface area (Å²) in [6.07, 6.45) is 5.73. The summed E-state index contributed by atoms with van der Waals surface area (Å²) in [5.41, 5.74) is 18.5. The number of benzene rings is 1. The monoisotopic (exact) mass is 450 g/mol. The number of morpholine rings is 1. The molecule has 1 saturated carbocycles. The van der Waals surface area contributed by atoms with Crippen LogP contribution in [0.2, 0.25) is 0 Å². The fourth-order valence-electron chi connectivity index (χ4n) is 3.40. The Morgan fingerprint density at radius 2 is 1.84 bits per heavy atom. The number of amidine groups is 1. The number of aliphatic hydroxyl groups excluding tert-OH is 1. The van der Waals surface area contributed by atoms with Crippen LogP contribution in [-0.2, 0) is 9.53 Å². The van der Waals surface area contributed by atoms with Crippen LogP contribution >= 0.6 is 11.9 Å². The molecule has 0 radical (unpaired) electrons. The van der Waals surface area contributed by atoms with Crippen molar-refractivity contribution in [3.05, 3.63) is 36.0 Å². The van der Waals surface area contributed by atoms with E-state index in [2.05, 4.69) is 14.6 Å². The van der Waals surface area contributed by atoms with Gasteiger partial charge in [-0.25, -0.2) is 9.30 Å². The van der Waals surface area contributed by atoms with Crippen molar-refractivity contribution in [2.45, 2.75) is 42.7 Å². The maximum Gasteiger partial charge on any atom is 0.253 e. The van der Waals surface area contributed by atoms with Crippen molar-refractivity contribution < 1.29 is 14.6 Å². The largest absolute Gasteiger partial charge is 0.400 e. The maximum atomic E-state index is 11.9. The predicted molar refractivity (Wildman–Crippen MR) is 125 cm³/mol. The quantitative estimate of drug-likeness (QED) is 0.177. The molecule has 9 nitrogen and oxygen atoms in total. The van der Waals surface area contributed by atoms with Crippen LogP contribution in [0, 0.1) is 0 Å². The second kappa shape index (κ2) is 13.3. The van der Waals surface area contributed by atoms with Gasteiger partial charge in [0.05, 0.1) is 24.5 Å². The van der Waals surface area contributed by atoms with E-state index in [9.17, 15) is 4.79 Å². The normalized spacial score (nSPS) is 22.9. The van der Waals surface area contributed by atoms with Crippen LogP contribution in [0.25, 0.3) is 0 Å². The van der Waals surface area contributed by atoms with Gasteiger partial charge in [0.15, 0.2) is 0 Å². The van der Waals surface area contributed by atoms with Crippen molar-refractivity contribution in [1.29, 1.82) is 0 Å². The van der Waals surface area contributed by atoms with Crippen molar-refractivity contribution in [2.75, 3.05) is 33.4 Å². The number of amides is 1. The molecule has 2 atom stereocenters. The number of nitrogens with two attached hydrogens (primary N) is 3. The lowest BCUT2D eigenvalue weighted by Gasteiger charge is -2.29. The number of hydrogen-bond acceptors (Lipinski definition) is 8. The molecule has 10 heteroatoms. The van der Waals surface area contributed by atoms with Crippen molar-refractivity contribution in [3.63, 3.8) is 0 Å². The third kappa shape index (κ3) is 8.15. The molecule has 1 aliphatic carbocycles. The molecular formula is C21H34N6O3S. The molecule has 2 fully saturated rings. The average molecular weight is 451 g/mol. The van der Waals surface area contributed by atoms with E-state index < -0.39 is 5.91 Å². The number of carbonyl (C=O) groups is 1. The Morgan fingerprint density at radius 3 is 2.45 bits per heavy atom. The van der Waals surface area contributed by atoms with E-state index in [0.29, 0.717) is 5.69 Å². The molecule has 1 aromatic rings. The first-order valence-electron chi connectivity index (χ1n) is 10.4. The summed E-state index contributed by atoms with van der Waals surface area (Å²) in [6.45, 7) is 3.33. The molecule has 1 heterocycles. The van der Waals surface area contributed by atoms with Crippen molar-refractivity contribution >= 4 is 29.4 Å². The summed E-state index contributed by atoms with van der Waals surface area (Å²) >= 11 is 1.69. The fraction of sp³-hybridized carbons (Fsp3) is 0.524. The van der Waals surface area contributed by atoms with Crippen LogP contribution in [0.4, 0.5) is 5.69 Å². The SMILES string of the molecule is CO.NC(=O)/C(=C/N[C@H]1CCCCC1N)C(N)=Nc1ccc(SN2CCOCC2)cc1. The first-order valence-corrected chi connectivity index (χ1v) is 11.2. The third-order valence-electron chi connectivity index (χ3n) is 5.09. The molecule has 0 bridgehead atoms. The number of ether oxygens (including phenoxy) is 1. The van der Waals surface area contributed by atoms with Crippen LogP contribution in [0.1, 0.15) is 25.7 Å². The van der Waals surface area contributed by atoms with Gasteiger partial charge >= 0.3 is 0 Å². The number of aliphatic imine (C=N–C) groups is 1. The second-order valence-corrected chi connectivity index (χ2v) is 8.44. The highest BCUT2D eigenvalue weighted by molar-refractivity contribution is 7.97. The maximum absolute atomic E-state index is 11.9. The zero-order valence-electron chi connectivity index (χ0n) is 18.0. The number of nitrogens with one attached hydrogen (secondary N) is 1. The zero-order valence-corrected chi connectivity index (χ0v) is 18.8. The number of aliphatic hydroxyl groups is 1. The molecule has 1 unspecified atom stereocenters. The third-order valence-corrected chi connectivity index (χ3v) is 6.20. The summed E-state index contributed by atoms with van der Waals surface area (Å²) in [6, 6.07) is 7.89. The van der Waals surface area contributed by atoms with Gasteiger partial charge in [0.2, 0.25) is 0 Å². The topological polar surface area (TPSA) is 152 Å². The molecular weight excluding hydrogens is 416 g/mol. The Morgan fingerprint density at radius 1 is 1.19 bits per heavy atom. The Labute approximate surface area is 188 Å². The van der Waals surface area contributed by atoms with Gasteiger partial charge in [0.25, 0.3) is 5.91 Å². The Bertz CT molecular complexity index is 750. The first-order chi connectivity index (χ1) is 15.0. The second-order valence-electron chi connectivity index (χ2n) is 7.27. The molecule has 1 amide bonds. The van der Waals surface area contributed by atoms with Gasteiger partial charge in [-0.05, 0) is 49.1 Å². The van der Waals surface area contributed by atoms with Crippen LogP contribution in [0.5, 0.6) is 0 Å². The van der Waals surface area contributed by atoms with Gasteiger partial charge < -0.3 is 32.4 Å². The Hall–Kier alpha value is -2.11. The molecule has 1 aliphatic heterocycles. The highest BCUT2D eigenvalue weighted by Crippen LogP contribution is 2.26. The fourth-order valence-corrected chi connectivity index (χ4v) is 4.28. The van der Waals surface area contributed by atoms with Gasteiger partial charge in [-0.1, -0.05) is 12.8 Å². The van der Waals surface area contributed by atoms with Crippen molar-refractivity contribution in [2.24, 2.45) is 22.2 Å². The molecule has 3 rings (SSSR count). The molecule has 0 spiro atoms. The number of nitrogens with zero attached hydrogens (tertiary/aromatic N) is 2. The van der Waals surface area contributed by atoms with E-state index in [4.69, 9.17) is 27.0 Å². The molecule has 1 saturated heterocycles. The van der Waals surface area contributed by atoms with Crippen LogP contribution < -0.4 is 22.5 Å². The summed E-state index contributed by atoms with van der Waals surface area (Å²) < 4.78 is 7.63. The van der Waals surface area contributed by atoms with Crippen molar-refractivity contribution in [1.82, 2.24) is 9.62 Å². The van der Waals surface area contributed by atoms with Gasteiger partial charge in [0.1, 0.15) is 5.84 Å².